The number of nitriles is 1. The molecule has 0 aliphatic rings. The van der Waals surface area contributed by atoms with Crippen LogP contribution in [0.25, 0.3) is 32.2 Å². The number of aryl methyl sites for hydroxylation is 1. The van der Waals surface area contributed by atoms with Crippen molar-refractivity contribution < 1.29 is 14.6 Å². The summed E-state index contributed by atoms with van der Waals surface area (Å²) in [6, 6.07) is 12.7. The Bertz CT molecular complexity index is 1890. The van der Waals surface area contributed by atoms with E-state index in [1.165, 1.54) is 15.9 Å². The lowest BCUT2D eigenvalue weighted by Crippen LogP contribution is -2.27. The predicted molar refractivity (Wildman–Crippen MR) is 155 cm³/mol. The van der Waals surface area contributed by atoms with Crippen molar-refractivity contribution in [1.29, 1.82) is 5.26 Å². The van der Waals surface area contributed by atoms with Gasteiger partial charge in [0, 0.05) is 34.3 Å². The lowest BCUT2D eigenvalue weighted by molar-refractivity contribution is 0.0699. The topological polar surface area (TPSA) is 121 Å². The van der Waals surface area contributed by atoms with Crippen molar-refractivity contribution in [3.63, 3.8) is 0 Å². The second-order valence-electron chi connectivity index (χ2n) is 9.48. The molecule has 2 aromatic carbocycles. The van der Waals surface area contributed by atoms with E-state index in [-0.39, 0.29) is 29.7 Å². The highest BCUT2D eigenvalue weighted by Gasteiger charge is 2.19. The predicted octanol–water partition coefficient (Wildman–Crippen LogP) is 5.35. The number of fused-ring (bicyclic) bond motifs is 2. The molecule has 0 aliphatic heterocycles. The van der Waals surface area contributed by atoms with E-state index in [4.69, 9.17) is 16.3 Å². The van der Waals surface area contributed by atoms with Crippen LogP contribution in [0.3, 0.4) is 0 Å². The number of rotatable bonds is 8. The fraction of sp³-hybridized carbons (Fsp3) is 0.207. The first-order chi connectivity index (χ1) is 19.2. The van der Waals surface area contributed by atoms with Crippen LogP contribution in [0.4, 0.5) is 0 Å². The van der Waals surface area contributed by atoms with E-state index < -0.39 is 5.97 Å². The first-order valence-corrected chi connectivity index (χ1v) is 13.5. The number of aromatic carboxylic acids is 1. The van der Waals surface area contributed by atoms with Crippen molar-refractivity contribution in [1.82, 2.24) is 19.4 Å². The molecule has 3 heterocycles. The lowest BCUT2D eigenvalue weighted by atomic mass is 10.0. The molecule has 0 saturated heterocycles. The molecule has 0 bridgehead atoms. The molecule has 0 saturated carbocycles. The summed E-state index contributed by atoms with van der Waals surface area (Å²) in [4.78, 5) is 36.0. The lowest BCUT2D eigenvalue weighted by Gasteiger charge is -2.16. The number of ether oxygens (including phenoxy) is 1. The summed E-state index contributed by atoms with van der Waals surface area (Å²) in [7, 11) is 3.87. The highest BCUT2D eigenvalue weighted by molar-refractivity contribution is 7.18. The largest absolute Gasteiger partial charge is 0.491 e. The van der Waals surface area contributed by atoms with Crippen molar-refractivity contribution in [3.8, 4) is 22.9 Å². The second-order valence-corrected chi connectivity index (χ2v) is 10.8. The number of hydrogen-bond donors (Lipinski definition) is 1. The van der Waals surface area contributed by atoms with Crippen LogP contribution in [0.15, 0.2) is 52.8 Å². The molecule has 0 atom stereocenters. The zero-order valence-electron chi connectivity index (χ0n) is 21.9. The fourth-order valence-electron chi connectivity index (χ4n) is 4.70. The highest BCUT2D eigenvalue weighted by atomic mass is 35.5. The standard InChI is InChI=1S/C29H24ClN5O4S/c1-16-33-23-11-17(14-34(2)3)10-18(13-31)25(23)28(36)35(16)8-9-39-24-5-4-19(30)12-21(24)20-6-7-32-26-22(29(37)38)15-40-27(20)26/h4-7,10-12,15H,8-9,14H2,1-3H3,(H,37,38). The molecule has 0 spiro atoms. The van der Waals surface area contributed by atoms with Gasteiger partial charge >= 0.3 is 5.97 Å². The van der Waals surface area contributed by atoms with E-state index in [9.17, 15) is 20.0 Å². The second kappa shape index (κ2) is 11.1. The number of carbonyl (C=O) groups is 1. The maximum atomic E-state index is 13.5. The summed E-state index contributed by atoms with van der Waals surface area (Å²) in [5.41, 5.74) is 3.35. The molecule has 40 heavy (non-hydrogen) atoms. The number of benzene rings is 2. The minimum Gasteiger partial charge on any atom is -0.491 e. The molecule has 9 nitrogen and oxygen atoms in total. The van der Waals surface area contributed by atoms with Crippen LogP contribution in [0.5, 0.6) is 5.75 Å². The zero-order valence-corrected chi connectivity index (χ0v) is 23.5. The number of pyridine rings is 1. The van der Waals surface area contributed by atoms with Gasteiger partial charge in [-0.05, 0) is 63.0 Å². The van der Waals surface area contributed by atoms with E-state index in [2.05, 4.69) is 16.0 Å². The first-order valence-electron chi connectivity index (χ1n) is 12.3. The van der Waals surface area contributed by atoms with Crippen LogP contribution in [0.2, 0.25) is 5.02 Å². The Hall–Kier alpha value is -4.30. The third-order valence-electron chi connectivity index (χ3n) is 6.42. The zero-order chi connectivity index (χ0) is 28.6. The summed E-state index contributed by atoms with van der Waals surface area (Å²) in [6.07, 6.45) is 1.56. The molecule has 5 rings (SSSR count). The van der Waals surface area contributed by atoms with Gasteiger partial charge < -0.3 is 14.7 Å². The van der Waals surface area contributed by atoms with E-state index in [1.807, 2.05) is 25.1 Å². The number of thiophene rings is 1. The van der Waals surface area contributed by atoms with Crippen molar-refractivity contribution >= 4 is 50.0 Å². The Kier molecular flexibility index (Phi) is 7.54. The van der Waals surface area contributed by atoms with Gasteiger partial charge in [-0.1, -0.05) is 11.6 Å². The van der Waals surface area contributed by atoms with Crippen molar-refractivity contribution in [3.05, 3.63) is 85.9 Å². The van der Waals surface area contributed by atoms with Crippen molar-refractivity contribution in [2.75, 3.05) is 20.7 Å². The van der Waals surface area contributed by atoms with Gasteiger partial charge in [0.25, 0.3) is 5.56 Å². The average molecular weight is 574 g/mol. The van der Waals surface area contributed by atoms with Gasteiger partial charge in [0.2, 0.25) is 0 Å². The van der Waals surface area contributed by atoms with E-state index in [0.29, 0.717) is 50.0 Å². The summed E-state index contributed by atoms with van der Waals surface area (Å²) in [5.74, 6) is -0.0108. The van der Waals surface area contributed by atoms with Crippen LogP contribution in [0, 0.1) is 18.3 Å². The molecule has 0 radical (unpaired) electrons. The third kappa shape index (κ3) is 5.14. The van der Waals surface area contributed by atoms with Crippen molar-refractivity contribution in [2.45, 2.75) is 20.0 Å². The van der Waals surface area contributed by atoms with Crippen LogP contribution in [0.1, 0.15) is 27.3 Å². The third-order valence-corrected chi connectivity index (χ3v) is 7.66. The van der Waals surface area contributed by atoms with E-state index >= 15 is 0 Å². The summed E-state index contributed by atoms with van der Waals surface area (Å²) in [6.45, 7) is 2.72. The number of carboxylic acids is 1. The Morgan fingerprint density at radius 1 is 1.23 bits per heavy atom. The number of aromatic nitrogens is 3. The Balaban J connectivity index is 1.47. The minimum absolute atomic E-state index is 0.135. The molecule has 3 aromatic heterocycles. The molecule has 0 aliphatic carbocycles. The number of nitrogens with zero attached hydrogens (tertiary/aromatic N) is 5. The van der Waals surface area contributed by atoms with Crippen LogP contribution in [-0.2, 0) is 13.1 Å². The molecular formula is C29H24ClN5O4S. The Morgan fingerprint density at radius 3 is 2.75 bits per heavy atom. The molecule has 1 N–H and O–H groups in total. The molecule has 0 fully saturated rings. The van der Waals surface area contributed by atoms with Gasteiger partial charge in [-0.3, -0.25) is 14.3 Å². The minimum atomic E-state index is -1.04. The van der Waals surface area contributed by atoms with Gasteiger partial charge in [-0.15, -0.1) is 11.3 Å². The normalized spacial score (nSPS) is 11.3. The molecule has 11 heteroatoms. The quantitative estimate of drug-likeness (QED) is 0.264. The molecule has 5 aromatic rings. The summed E-state index contributed by atoms with van der Waals surface area (Å²) >= 11 is 7.61. The van der Waals surface area contributed by atoms with Crippen LogP contribution >= 0.6 is 22.9 Å². The summed E-state index contributed by atoms with van der Waals surface area (Å²) < 4.78 is 8.36. The highest BCUT2D eigenvalue weighted by Crippen LogP contribution is 2.39. The maximum Gasteiger partial charge on any atom is 0.338 e. The van der Waals surface area contributed by atoms with E-state index in [1.54, 1.807) is 48.8 Å². The summed E-state index contributed by atoms with van der Waals surface area (Å²) in [5, 5.41) is 21.6. The number of hydrogen-bond acceptors (Lipinski definition) is 8. The molecule has 202 valence electrons. The Labute approximate surface area is 238 Å². The van der Waals surface area contributed by atoms with Crippen molar-refractivity contribution in [2.24, 2.45) is 0 Å². The Morgan fingerprint density at radius 2 is 2.02 bits per heavy atom. The molecule has 0 amide bonds. The van der Waals surface area contributed by atoms with Gasteiger partial charge in [0.1, 0.15) is 24.3 Å². The molecule has 0 unspecified atom stereocenters. The number of carboxylic acid groups (broad SMARTS) is 1. The van der Waals surface area contributed by atoms with Gasteiger partial charge in [0.05, 0.1) is 38.8 Å². The van der Waals surface area contributed by atoms with Gasteiger partial charge in [0.15, 0.2) is 0 Å². The van der Waals surface area contributed by atoms with Crippen LogP contribution in [-0.4, -0.2) is 51.2 Å². The number of halogens is 1. The monoisotopic (exact) mass is 573 g/mol. The molecular weight excluding hydrogens is 550 g/mol. The smallest absolute Gasteiger partial charge is 0.338 e. The first kappa shape index (κ1) is 27.3. The maximum absolute atomic E-state index is 13.5. The van der Waals surface area contributed by atoms with Gasteiger partial charge in [-0.25, -0.2) is 9.78 Å². The SMILES string of the molecule is Cc1nc2cc(CN(C)C)cc(C#N)c2c(=O)n1CCOc1ccc(Cl)cc1-c1ccnc2c(C(=O)O)csc12. The fourth-order valence-corrected chi connectivity index (χ4v) is 5.90. The van der Waals surface area contributed by atoms with E-state index in [0.717, 1.165) is 11.1 Å². The average Bonchev–Trinajstić information content (AvgIpc) is 3.35. The van der Waals surface area contributed by atoms with Crippen LogP contribution < -0.4 is 10.3 Å². The van der Waals surface area contributed by atoms with Gasteiger partial charge in [-0.2, -0.15) is 5.26 Å².